The maximum absolute atomic E-state index is 13.6. The smallest absolute Gasteiger partial charge is 0.224 e. The Morgan fingerprint density at radius 2 is 0.786 bits per heavy atom. The van der Waals surface area contributed by atoms with Gasteiger partial charge < -0.3 is 16.0 Å². The summed E-state index contributed by atoms with van der Waals surface area (Å²) in [5.41, 5.74) is 0. The number of nitrogens with one attached hydrogen (secondary N) is 3. The molecule has 6 heteroatoms. The summed E-state index contributed by atoms with van der Waals surface area (Å²) in [5.74, 6) is 3.54. The van der Waals surface area contributed by atoms with Crippen LogP contribution >= 0.6 is 0 Å². The van der Waals surface area contributed by atoms with Crippen LogP contribution in [0.1, 0.15) is 151 Å². The molecule has 0 aromatic carbocycles. The first-order valence-corrected chi connectivity index (χ1v) is 18.0. The zero-order valence-corrected chi connectivity index (χ0v) is 28.0. The Balaban J connectivity index is 1.54. The van der Waals surface area contributed by atoms with Gasteiger partial charge in [0.1, 0.15) is 0 Å². The van der Waals surface area contributed by atoms with Crippen LogP contribution in [0, 0.1) is 41.4 Å². The van der Waals surface area contributed by atoms with Crippen LogP contribution in [0.2, 0.25) is 0 Å². The van der Waals surface area contributed by atoms with Crippen molar-refractivity contribution in [1.29, 1.82) is 0 Å². The second-order valence-corrected chi connectivity index (χ2v) is 14.7. The summed E-state index contributed by atoms with van der Waals surface area (Å²) in [6.07, 6.45) is 16.7. The number of carbonyl (C=O) groups is 3. The van der Waals surface area contributed by atoms with Crippen LogP contribution in [0.3, 0.4) is 0 Å². The molecule has 0 aromatic heterocycles. The van der Waals surface area contributed by atoms with Gasteiger partial charge in [-0.15, -0.1) is 0 Å². The number of rotatable bonds is 14. The van der Waals surface area contributed by atoms with Crippen LogP contribution in [0.15, 0.2) is 0 Å². The summed E-state index contributed by atoms with van der Waals surface area (Å²) < 4.78 is 0. The summed E-state index contributed by atoms with van der Waals surface area (Å²) >= 11 is 0. The minimum absolute atomic E-state index is 0.0792. The zero-order valence-electron chi connectivity index (χ0n) is 28.0. The summed E-state index contributed by atoms with van der Waals surface area (Å²) in [6.45, 7) is 13.8. The topological polar surface area (TPSA) is 87.3 Å². The fraction of sp³-hybridized carbons (Fsp3) is 0.917. The predicted molar refractivity (Wildman–Crippen MR) is 173 cm³/mol. The first-order valence-electron chi connectivity index (χ1n) is 18.0. The number of amides is 3. The molecule has 6 nitrogen and oxygen atoms in total. The lowest BCUT2D eigenvalue weighted by molar-refractivity contribution is -0.134. The van der Waals surface area contributed by atoms with Crippen molar-refractivity contribution in [3.05, 3.63) is 0 Å². The Labute approximate surface area is 258 Å². The maximum atomic E-state index is 13.6. The molecular formula is C36H65N3O3. The number of carbonyl (C=O) groups excluding carboxylic acids is 3. The molecular weight excluding hydrogens is 522 g/mol. The normalized spacial score (nSPS) is 31.3. The number of hydrogen-bond acceptors (Lipinski definition) is 3. The molecule has 0 saturated heterocycles. The Bertz CT molecular complexity index is 777. The minimum atomic E-state index is -0.620. The van der Waals surface area contributed by atoms with Crippen LogP contribution in [-0.2, 0) is 14.4 Å². The molecule has 3 aliphatic rings. The quantitative estimate of drug-likeness (QED) is 0.196. The van der Waals surface area contributed by atoms with Gasteiger partial charge in [0.2, 0.25) is 17.7 Å². The van der Waals surface area contributed by atoms with Crippen LogP contribution in [0.25, 0.3) is 0 Å². The Morgan fingerprint density at radius 3 is 1.07 bits per heavy atom. The van der Waals surface area contributed by atoms with E-state index >= 15 is 0 Å². The lowest BCUT2D eigenvalue weighted by atomic mass is 9.77. The highest BCUT2D eigenvalue weighted by Crippen LogP contribution is 2.34. The van der Waals surface area contributed by atoms with E-state index in [2.05, 4.69) is 57.5 Å². The van der Waals surface area contributed by atoms with Gasteiger partial charge in [-0.1, -0.05) is 60.8 Å². The van der Waals surface area contributed by atoms with Crippen molar-refractivity contribution in [2.45, 2.75) is 169 Å². The third kappa shape index (κ3) is 10.8. The lowest BCUT2D eigenvalue weighted by Gasteiger charge is -2.34. The minimum Gasteiger partial charge on any atom is -0.353 e. The molecule has 0 spiro atoms. The largest absolute Gasteiger partial charge is 0.353 e. The molecule has 0 radical (unpaired) electrons. The van der Waals surface area contributed by atoms with Crippen LogP contribution < -0.4 is 16.0 Å². The van der Waals surface area contributed by atoms with E-state index in [0.29, 0.717) is 0 Å². The van der Waals surface area contributed by atoms with Crippen LogP contribution in [-0.4, -0.2) is 35.8 Å². The van der Waals surface area contributed by atoms with Crippen molar-refractivity contribution in [2.75, 3.05) is 0 Å². The third-order valence-electron chi connectivity index (χ3n) is 12.0. The highest BCUT2D eigenvalue weighted by atomic mass is 16.2. The fourth-order valence-corrected chi connectivity index (χ4v) is 8.10. The van der Waals surface area contributed by atoms with Gasteiger partial charge >= 0.3 is 0 Å². The Hall–Kier alpha value is -1.59. The first-order chi connectivity index (χ1) is 20.1. The van der Waals surface area contributed by atoms with Gasteiger partial charge in [-0.2, -0.15) is 0 Å². The number of hydrogen-bond donors (Lipinski definition) is 3. The molecule has 3 N–H and O–H groups in total. The van der Waals surface area contributed by atoms with Gasteiger partial charge in [-0.3, -0.25) is 14.4 Å². The van der Waals surface area contributed by atoms with E-state index in [1.165, 1.54) is 19.3 Å². The molecule has 0 heterocycles. The van der Waals surface area contributed by atoms with E-state index < -0.39 is 5.92 Å². The maximum Gasteiger partial charge on any atom is 0.224 e. The molecule has 3 rings (SSSR count). The van der Waals surface area contributed by atoms with Crippen molar-refractivity contribution in [3.63, 3.8) is 0 Å². The molecule has 3 atom stereocenters. The molecule has 3 fully saturated rings. The molecule has 3 aliphatic carbocycles. The van der Waals surface area contributed by atoms with Crippen molar-refractivity contribution in [1.82, 2.24) is 16.0 Å². The van der Waals surface area contributed by atoms with E-state index in [0.717, 1.165) is 113 Å². The summed E-state index contributed by atoms with van der Waals surface area (Å²) in [4.78, 5) is 40.0. The second-order valence-electron chi connectivity index (χ2n) is 14.7. The molecule has 42 heavy (non-hydrogen) atoms. The van der Waals surface area contributed by atoms with Crippen molar-refractivity contribution < 1.29 is 14.4 Å². The van der Waals surface area contributed by atoms with Crippen molar-refractivity contribution in [3.8, 4) is 0 Å². The van der Waals surface area contributed by atoms with E-state index in [4.69, 9.17) is 0 Å². The molecule has 3 unspecified atom stereocenters. The van der Waals surface area contributed by atoms with Crippen molar-refractivity contribution >= 4 is 17.7 Å². The highest BCUT2D eigenvalue weighted by molar-refractivity contribution is 5.90. The van der Waals surface area contributed by atoms with Gasteiger partial charge in [-0.05, 0) is 113 Å². The molecule has 3 saturated carbocycles. The Kier molecular flexibility index (Phi) is 14.7. The van der Waals surface area contributed by atoms with Gasteiger partial charge in [0, 0.05) is 31.0 Å². The summed E-state index contributed by atoms with van der Waals surface area (Å²) in [5, 5.41) is 9.73. The highest BCUT2D eigenvalue weighted by Gasteiger charge is 2.32. The molecule has 242 valence electrons. The van der Waals surface area contributed by atoms with Crippen LogP contribution in [0.5, 0.6) is 0 Å². The zero-order chi connectivity index (χ0) is 30.6. The SMILES string of the molecule is CCC(C)C1CCC(NC(=O)CC(CC(=O)NC2CCC(C(C)CC)CC2)C(=O)NC2CCC(C(C)CC)CC2)CC1. The first kappa shape index (κ1) is 34.9. The predicted octanol–water partition coefficient (Wildman–Crippen LogP) is 7.55. The van der Waals surface area contributed by atoms with Crippen LogP contribution in [0.4, 0.5) is 0 Å². The molecule has 0 aromatic rings. The van der Waals surface area contributed by atoms with E-state index in [9.17, 15) is 14.4 Å². The molecule has 3 amide bonds. The third-order valence-corrected chi connectivity index (χ3v) is 12.0. The summed E-state index contributed by atoms with van der Waals surface area (Å²) in [6, 6.07) is 0.525. The fourth-order valence-electron chi connectivity index (χ4n) is 8.10. The van der Waals surface area contributed by atoms with Gasteiger partial charge in [-0.25, -0.2) is 0 Å². The average Bonchev–Trinajstić information content (AvgIpc) is 3.00. The van der Waals surface area contributed by atoms with Crippen molar-refractivity contribution in [2.24, 2.45) is 41.4 Å². The van der Waals surface area contributed by atoms with Gasteiger partial charge in [0.15, 0.2) is 0 Å². The molecule has 0 aliphatic heterocycles. The second kappa shape index (κ2) is 17.6. The van der Waals surface area contributed by atoms with Gasteiger partial charge in [0.25, 0.3) is 0 Å². The van der Waals surface area contributed by atoms with E-state index in [1.807, 2.05) is 0 Å². The lowest BCUT2D eigenvalue weighted by Crippen LogP contribution is -2.46. The van der Waals surface area contributed by atoms with Gasteiger partial charge in [0.05, 0.1) is 5.92 Å². The monoisotopic (exact) mass is 588 g/mol. The molecule has 0 bridgehead atoms. The standard InChI is InChI=1S/C36H65N3O3/c1-7-24(4)27-10-16-31(17-11-27)37-34(40)22-30(36(42)39-33-20-14-29(15-21-33)26(6)9-3)23-35(41)38-32-18-12-28(13-19-32)25(5)8-2/h24-33H,7-23H2,1-6H3,(H,37,40)(H,38,41)(H,39,42). The average molecular weight is 588 g/mol. The van der Waals surface area contributed by atoms with E-state index in [1.54, 1.807) is 0 Å². The Morgan fingerprint density at radius 1 is 0.500 bits per heavy atom. The van der Waals surface area contributed by atoms with E-state index in [-0.39, 0.29) is 48.7 Å². The summed E-state index contributed by atoms with van der Waals surface area (Å²) in [7, 11) is 0.